The van der Waals surface area contributed by atoms with E-state index in [0.717, 1.165) is 38.0 Å². The Kier molecular flexibility index (Phi) is 7.32. The van der Waals surface area contributed by atoms with E-state index in [-0.39, 0.29) is 0 Å². The largest absolute Gasteiger partial charge is 0.490 e. The summed E-state index contributed by atoms with van der Waals surface area (Å²) in [6.45, 7) is 2.73. The van der Waals surface area contributed by atoms with E-state index in [9.17, 15) is 18.3 Å². The Morgan fingerprint density at radius 2 is 1.53 bits per heavy atom. The molecule has 32 heavy (non-hydrogen) atoms. The van der Waals surface area contributed by atoms with Gasteiger partial charge in [-0.1, -0.05) is 12.1 Å². The van der Waals surface area contributed by atoms with Crippen LogP contribution in [0.2, 0.25) is 0 Å². The maximum atomic E-state index is 10.9. The van der Waals surface area contributed by atoms with Crippen LogP contribution in [0, 0.1) is 0 Å². The van der Waals surface area contributed by atoms with Gasteiger partial charge in [0.2, 0.25) is 0 Å². The second-order valence-corrected chi connectivity index (χ2v) is 7.60. The molecule has 2 aromatic heterocycles. The number of alkyl halides is 3. The lowest BCUT2D eigenvalue weighted by Crippen LogP contribution is -2.42. The molecule has 0 atom stereocenters. The van der Waals surface area contributed by atoms with Gasteiger partial charge < -0.3 is 14.8 Å². The number of nitrogens with zero attached hydrogens (tertiary/aromatic N) is 3. The van der Waals surface area contributed by atoms with Crippen molar-refractivity contribution >= 4 is 5.97 Å². The SMILES string of the molecule is O=C(O)C(F)(F)F.OC1(c2ccncc2)CCN(Cc2ccc(-n3cccc3)cc2)CC1. The molecule has 0 radical (unpaired) electrons. The molecular formula is C23H24F3N3O3. The molecule has 3 aromatic rings. The van der Waals surface area contributed by atoms with Gasteiger partial charge in [-0.15, -0.1) is 0 Å². The molecule has 2 N–H and O–H groups in total. The Morgan fingerprint density at radius 3 is 2.03 bits per heavy atom. The van der Waals surface area contributed by atoms with Gasteiger partial charge in [-0.2, -0.15) is 13.2 Å². The molecule has 9 heteroatoms. The van der Waals surface area contributed by atoms with Crippen LogP contribution < -0.4 is 0 Å². The molecule has 1 fully saturated rings. The first kappa shape index (κ1) is 23.5. The van der Waals surface area contributed by atoms with E-state index in [1.807, 2.05) is 24.3 Å². The number of hydrogen-bond donors (Lipinski definition) is 2. The van der Waals surface area contributed by atoms with Crippen LogP contribution in [0.15, 0.2) is 73.3 Å². The van der Waals surface area contributed by atoms with Gasteiger partial charge in [0, 0.05) is 50.1 Å². The Labute approximate surface area is 183 Å². The molecule has 170 valence electrons. The number of carboxylic acid groups (broad SMARTS) is 1. The number of pyridine rings is 1. The average molecular weight is 447 g/mol. The molecule has 0 unspecified atom stereocenters. The Bertz CT molecular complexity index is 983. The molecule has 0 aliphatic carbocycles. The molecule has 0 saturated carbocycles. The number of aromatic nitrogens is 2. The summed E-state index contributed by atoms with van der Waals surface area (Å²) in [5.41, 5.74) is 2.76. The highest BCUT2D eigenvalue weighted by Gasteiger charge is 2.38. The maximum absolute atomic E-state index is 10.9. The third-order valence-electron chi connectivity index (χ3n) is 5.39. The van der Waals surface area contributed by atoms with Crippen molar-refractivity contribution in [2.75, 3.05) is 13.1 Å². The summed E-state index contributed by atoms with van der Waals surface area (Å²) < 4.78 is 33.8. The third-order valence-corrected chi connectivity index (χ3v) is 5.39. The highest BCUT2D eigenvalue weighted by atomic mass is 19.4. The number of aliphatic carboxylic acids is 1. The first-order valence-corrected chi connectivity index (χ1v) is 10.0. The van der Waals surface area contributed by atoms with Crippen molar-refractivity contribution in [1.82, 2.24) is 14.5 Å². The van der Waals surface area contributed by atoms with E-state index in [2.05, 4.69) is 51.1 Å². The number of aliphatic hydroxyl groups is 1. The van der Waals surface area contributed by atoms with Crippen LogP contribution in [0.25, 0.3) is 5.69 Å². The van der Waals surface area contributed by atoms with Crippen molar-refractivity contribution < 1.29 is 28.2 Å². The zero-order valence-corrected chi connectivity index (χ0v) is 17.2. The fourth-order valence-corrected chi connectivity index (χ4v) is 3.57. The summed E-state index contributed by atoms with van der Waals surface area (Å²) in [7, 11) is 0. The highest BCUT2D eigenvalue weighted by molar-refractivity contribution is 5.73. The number of carboxylic acids is 1. The first-order chi connectivity index (χ1) is 15.2. The van der Waals surface area contributed by atoms with Gasteiger partial charge in [0.05, 0.1) is 5.60 Å². The molecular weight excluding hydrogens is 423 g/mol. The fourth-order valence-electron chi connectivity index (χ4n) is 3.57. The van der Waals surface area contributed by atoms with Crippen molar-refractivity contribution in [3.05, 3.63) is 84.4 Å². The molecule has 3 heterocycles. The van der Waals surface area contributed by atoms with Crippen LogP contribution in [0.1, 0.15) is 24.0 Å². The minimum absolute atomic E-state index is 0.711. The quantitative estimate of drug-likeness (QED) is 0.633. The van der Waals surface area contributed by atoms with E-state index in [1.165, 1.54) is 11.3 Å². The third kappa shape index (κ3) is 6.18. The predicted molar refractivity (Wildman–Crippen MR) is 112 cm³/mol. The normalized spacial score (nSPS) is 16.1. The number of halogens is 3. The first-order valence-electron chi connectivity index (χ1n) is 10.0. The van der Waals surface area contributed by atoms with Crippen LogP contribution in [-0.2, 0) is 16.9 Å². The van der Waals surface area contributed by atoms with E-state index < -0.39 is 17.7 Å². The van der Waals surface area contributed by atoms with Crippen molar-refractivity contribution in [2.24, 2.45) is 0 Å². The fraction of sp³-hybridized carbons (Fsp3) is 0.304. The zero-order valence-electron chi connectivity index (χ0n) is 17.2. The van der Waals surface area contributed by atoms with Crippen LogP contribution in [0.5, 0.6) is 0 Å². The van der Waals surface area contributed by atoms with E-state index in [4.69, 9.17) is 9.90 Å². The number of piperidine rings is 1. The summed E-state index contributed by atoms with van der Waals surface area (Å²) in [6.07, 6.45) is 4.06. The molecule has 4 rings (SSSR count). The summed E-state index contributed by atoms with van der Waals surface area (Å²) in [5.74, 6) is -2.76. The minimum Gasteiger partial charge on any atom is -0.475 e. The van der Waals surface area contributed by atoms with Crippen LogP contribution in [0.3, 0.4) is 0 Å². The second-order valence-electron chi connectivity index (χ2n) is 7.60. The van der Waals surface area contributed by atoms with E-state index >= 15 is 0 Å². The van der Waals surface area contributed by atoms with Crippen LogP contribution >= 0.6 is 0 Å². The molecule has 0 amide bonds. The van der Waals surface area contributed by atoms with Crippen molar-refractivity contribution in [3.63, 3.8) is 0 Å². The van der Waals surface area contributed by atoms with Crippen molar-refractivity contribution in [1.29, 1.82) is 0 Å². The molecule has 0 spiro atoms. The summed E-state index contributed by atoms with van der Waals surface area (Å²) in [4.78, 5) is 15.4. The van der Waals surface area contributed by atoms with Crippen molar-refractivity contribution in [3.8, 4) is 5.69 Å². The smallest absolute Gasteiger partial charge is 0.475 e. The van der Waals surface area contributed by atoms with E-state index in [1.54, 1.807) is 12.4 Å². The Balaban J connectivity index is 0.000000360. The topological polar surface area (TPSA) is 78.6 Å². The zero-order chi connectivity index (χ0) is 23.2. The second kappa shape index (κ2) is 9.97. The lowest BCUT2D eigenvalue weighted by molar-refractivity contribution is -0.192. The minimum atomic E-state index is -5.08. The van der Waals surface area contributed by atoms with Crippen molar-refractivity contribution in [2.45, 2.75) is 31.2 Å². The Hall–Kier alpha value is -3.17. The van der Waals surface area contributed by atoms with Gasteiger partial charge in [0.15, 0.2) is 0 Å². The van der Waals surface area contributed by atoms with Gasteiger partial charge in [0.1, 0.15) is 0 Å². The monoisotopic (exact) mass is 447 g/mol. The Morgan fingerprint density at radius 1 is 1.00 bits per heavy atom. The summed E-state index contributed by atoms with van der Waals surface area (Å²) >= 11 is 0. The molecule has 0 bridgehead atoms. The van der Waals surface area contributed by atoms with Gasteiger partial charge in [0.25, 0.3) is 0 Å². The van der Waals surface area contributed by atoms with Gasteiger partial charge >= 0.3 is 12.1 Å². The number of hydrogen-bond acceptors (Lipinski definition) is 4. The molecule has 6 nitrogen and oxygen atoms in total. The lowest BCUT2D eigenvalue weighted by atomic mass is 9.85. The summed E-state index contributed by atoms with van der Waals surface area (Å²) in [6, 6.07) is 16.6. The van der Waals surface area contributed by atoms with Gasteiger partial charge in [-0.3, -0.25) is 9.88 Å². The number of likely N-dealkylation sites (tertiary alicyclic amines) is 1. The molecule has 1 aromatic carbocycles. The molecule has 1 saturated heterocycles. The number of carbonyl (C=O) groups is 1. The van der Waals surface area contributed by atoms with Gasteiger partial charge in [-0.05, 0) is 60.4 Å². The van der Waals surface area contributed by atoms with E-state index in [0.29, 0.717) is 0 Å². The van der Waals surface area contributed by atoms with Crippen LogP contribution in [0.4, 0.5) is 13.2 Å². The van der Waals surface area contributed by atoms with Crippen LogP contribution in [-0.4, -0.2) is 49.9 Å². The van der Waals surface area contributed by atoms with Gasteiger partial charge in [-0.25, -0.2) is 4.79 Å². The highest BCUT2D eigenvalue weighted by Crippen LogP contribution is 2.32. The predicted octanol–water partition coefficient (Wildman–Crippen LogP) is 3.99. The lowest BCUT2D eigenvalue weighted by Gasteiger charge is -2.38. The molecule has 1 aliphatic heterocycles. The standard InChI is InChI=1S/C21H23N3O.C2HF3O2/c25-21(19-7-11-22-12-8-19)9-15-23(16-10-21)17-18-3-5-20(6-4-18)24-13-1-2-14-24;3-2(4,5)1(6)7/h1-8,11-14,25H,9-10,15-17H2;(H,6,7). The number of rotatable bonds is 4. The number of benzene rings is 1. The average Bonchev–Trinajstić information content (AvgIpc) is 3.31. The molecule has 1 aliphatic rings. The maximum Gasteiger partial charge on any atom is 0.490 e. The summed E-state index contributed by atoms with van der Waals surface area (Å²) in [5, 5.41) is 18.0.